The summed E-state index contributed by atoms with van der Waals surface area (Å²) in [6.45, 7) is 5.12. The summed E-state index contributed by atoms with van der Waals surface area (Å²) in [7, 11) is 0. The molecule has 5 heteroatoms. The summed E-state index contributed by atoms with van der Waals surface area (Å²) in [5.74, 6) is -0.729. The highest BCUT2D eigenvalue weighted by Crippen LogP contribution is 2.20. The quantitative estimate of drug-likeness (QED) is 0.853. The van der Waals surface area contributed by atoms with Gasteiger partial charge in [-0.1, -0.05) is 6.92 Å². The standard InChI is InChI=1S/C16H20FN3O/c1-3-8-20-9-4-5-14(20)11-18-13-6-7-15(17)16(10-13)19-12(2)21/h4-7,9-10,18H,3,8,11H2,1-2H3,(H,19,21). The van der Waals surface area contributed by atoms with Crippen molar-refractivity contribution in [1.29, 1.82) is 0 Å². The minimum absolute atomic E-state index is 0.191. The lowest BCUT2D eigenvalue weighted by atomic mass is 10.2. The van der Waals surface area contributed by atoms with E-state index >= 15 is 0 Å². The molecule has 112 valence electrons. The van der Waals surface area contributed by atoms with Crippen LogP contribution in [0.1, 0.15) is 26.0 Å². The first-order chi connectivity index (χ1) is 10.1. The summed E-state index contributed by atoms with van der Waals surface area (Å²) < 4.78 is 15.7. The van der Waals surface area contributed by atoms with Gasteiger partial charge in [0.25, 0.3) is 0 Å². The Kier molecular flexibility index (Phi) is 4.98. The van der Waals surface area contributed by atoms with Gasteiger partial charge in [0.2, 0.25) is 5.91 Å². The number of amides is 1. The molecule has 1 aromatic heterocycles. The Labute approximate surface area is 124 Å². The topological polar surface area (TPSA) is 46.1 Å². The Morgan fingerprint density at radius 2 is 2.14 bits per heavy atom. The van der Waals surface area contributed by atoms with Crippen LogP contribution in [0.4, 0.5) is 15.8 Å². The molecular formula is C16H20FN3O. The summed E-state index contributed by atoms with van der Waals surface area (Å²) in [6, 6.07) is 8.68. The third kappa shape index (κ3) is 4.08. The van der Waals surface area contributed by atoms with Crippen molar-refractivity contribution in [2.24, 2.45) is 0 Å². The smallest absolute Gasteiger partial charge is 0.221 e. The number of rotatable bonds is 6. The van der Waals surface area contributed by atoms with E-state index in [1.807, 2.05) is 12.3 Å². The number of carbonyl (C=O) groups excluding carboxylic acids is 1. The summed E-state index contributed by atoms with van der Waals surface area (Å²) in [5, 5.41) is 5.73. The Morgan fingerprint density at radius 1 is 1.33 bits per heavy atom. The summed E-state index contributed by atoms with van der Waals surface area (Å²) >= 11 is 0. The molecule has 0 saturated heterocycles. The Morgan fingerprint density at radius 3 is 2.86 bits per heavy atom. The molecule has 2 N–H and O–H groups in total. The number of hydrogen-bond donors (Lipinski definition) is 2. The van der Waals surface area contributed by atoms with Crippen LogP contribution in [0.5, 0.6) is 0 Å². The fourth-order valence-electron chi connectivity index (χ4n) is 2.18. The van der Waals surface area contributed by atoms with Crippen molar-refractivity contribution in [2.75, 3.05) is 10.6 Å². The van der Waals surface area contributed by atoms with Crippen LogP contribution in [0.25, 0.3) is 0 Å². The maximum Gasteiger partial charge on any atom is 0.221 e. The van der Waals surface area contributed by atoms with E-state index in [2.05, 4.69) is 28.2 Å². The summed E-state index contributed by atoms with van der Waals surface area (Å²) in [5.41, 5.74) is 2.13. The van der Waals surface area contributed by atoms with Crippen LogP contribution < -0.4 is 10.6 Å². The van der Waals surface area contributed by atoms with E-state index in [-0.39, 0.29) is 11.6 Å². The largest absolute Gasteiger partial charge is 0.379 e. The average molecular weight is 289 g/mol. The normalized spacial score (nSPS) is 10.4. The van der Waals surface area contributed by atoms with Crippen molar-refractivity contribution in [3.63, 3.8) is 0 Å². The van der Waals surface area contributed by atoms with Crippen LogP contribution in [-0.2, 0) is 17.9 Å². The number of nitrogens with zero attached hydrogens (tertiary/aromatic N) is 1. The number of nitrogens with one attached hydrogen (secondary N) is 2. The number of aromatic nitrogens is 1. The molecular weight excluding hydrogens is 269 g/mol. The van der Waals surface area contributed by atoms with E-state index in [0.29, 0.717) is 6.54 Å². The van der Waals surface area contributed by atoms with Crippen LogP contribution in [0.2, 0.25) is 0 Å². The molecule has 1 aromatic carbocycles. The lowest BCUT2D eigenvalue weighted by Crippen LogP contribution is -2.09. The molecule has 0 saturated carbocycles. The first-order valence-electron chi connectivity index (χ1n) is 7.05. The van der Waals surface area contributed by atoms with Gasteiger partial charge < -0.3 is 15.2 Å². The fraction of sp³-hybridized carbons (Fsp3) is 0.312. The second-order valence-electron chi connectivity index (χ2n) is 4.92. The van der Waals surface area contributed by atoms with Gasteiger partial charge in [0, 0.05) is 31.0 Å². The third-order valence-electron chi connectivity index (χ3n) is 3.14. The van der Waals surface area contributed by atoms with Crippen LogP contribution >= 0.6 is 0 Å². The molecule has 1 heterocycles. The molecule has 4 nitrogen and oxygen atoms in total. The predicted molar refractivity (Wildman–Crippen MR) is 82.8 cm³/mol. The Bertz CT molecular complexity index is 622. The van der Waals surface area contributed by atoms with Crippen molar-refractivity contribution >= 4 is 17.3 Å². The van der Waals surface area contributed by atoms with E-state index in [0.717, 1.165) is 18.7 Å². The SMILES string of the molecule is CCCn1cccc1CNc1ccc(F)c(NC(C)=O)c1. The zero-order valence-electron chi connectivity index (χ0n) is 12.3. The average Bonchev–Trinajstić information content (AvgIpc) is 2.87. The number of hydrogen-bond acceptors (Lipinski definition) is 2. The van der Waals surface area contributed by atoms with Gasteiger partial charge in [0.05, 0.1) is 12.2 Å². The Hall–Kier alpha value is -2.30. The molecule has 0 radical (unpaired) electrons. The third-order valence-corrected chi connectivity index (χ3v) is 3.14. The molecule has 0 spiro atoms. The molecule has 0 aliphatic carbocycles. The van der Waals surface area contributed by atoms with E-state index in [1.165, 1.54) is 18.7 Å². The second kappa shape index (κ2) is 6.92. The van der Waals surface area contributed by atoms with Gasteiger partial charge in [-0.25, -0.2) is 4.39 Å². The molecule has 0 aliphatic rings. The highest BCUT2D eigenvalue weighted by molar-refractivity contribution is 5.89. The molecule has 1 amide bonds. The molecule has 0 fully saturated rings. The predicted octanol–water partition coefficient (Wildman–Crippen LogP) is 3.61. The maximum absolute atomic E-state index is 13.6. The molecule has 21 heavy (non-hydrogen) atoms. The minimum Gasteiger partial charge on any atom is -0.379 e. The van der Waals surface area contributed by atoms with Crippen molar-refractivity contribution in [3.05, 3.63) is 48.0 Å². The molecule has 0 bridgehead atoms. The van der Waals surface area contributed by atoms with Crippen LogP contribution in [0.15, 0.2) is 36.5 Å². The fourth-order valence-corrected chi connectivity index (χ4v) is 2.18. The first-order valence-corrected chi connectivity index (χ1v) is 7.05. The van der Waals surface area contributed by atoms with Gasteiger partial charge in [-0.3, -0.25) is 4.79 Å². The maximum atomic E-state index is 13.6. The summed E-state index contributed by atoms with van der Waals surface area (Å²) in [4.78, 5) is 11.0. The van der Waals surface area contributed by atoms with Crippen molar-refractivity contribution < 1.29 is 9.18 Å². The van der Waals surface area contributed by atoms with Gasteiger partial charge in [0.1, 0.15) is 5.82 Å². The van der Waals surface area contributed by atoms with Crippen LogP contribution in [-0.4, -0.2) is 10.5 Å². The molecule has 0 aliphatic heterocycles. The lowest BCUT2D eigenvalue weighted by molar-refractivity contribution is -0.114. The zero-order chi connectivity index (χ0) is 15.2. The van der Waals surface area contributed by atoms with Gasteiger partial charge in [0.15, 0.2) is 0 Å². The molecule has 2 aromatic rings. The second-order valence-corrected chi connectivity index (χ2v) is 4.92. The minimum atomic E-state index is -0.440. The van der Waals surface area contributed by atoms with Crippen molar-refractivity contribution in [2.45, 2.75) is 33.4 Å². The monoisotopic (exact) mass is 289 g/mol. The molecule has 0 atom stereocenters. The van der Waals surface area contributed by atoms with Gasteiger partial charge in [-0.2, -0.15) is 0 Å². The zero-order valence-corrected chi connectivity index (χ0v) is 12.3. The number of benzene rings is 1. The number of aryl methyl sites for hydroxylation is 1. The van der Waals surface area contributed by atoms with Crippen LogP contribution in [0.3, 0.4) is 0 Å². The first kappa shape index (κ1) is 15.1. The van der Waals surface area contributed by atoms with E-state index in [4.69, 9.17) is 0 Å². The molecule has 0 unspecified atom stereocenters. The van der Waals surface area contributed by atoms with E-state index in [1.54, 1.807) is 12.1 Å². The number of carbonyl (C=O) groups is 1. The van der Waals surface area contributed by atoms with Crippen LogP contribution in [0, 0.1) is 5.82 Å². The molecule has 2 rings (SSSR count). The van der Waals surface area contributed by atoms with Crippen molar-refractivity contribution in [3.8, 4) is 0 Å². The highest BCUT2D eigenvalue weighted by Gasteiger charge is 2.06. The lowest BCUT2D eigenvalue weighted by Gasteiger charge is -2.12. The summed E-state index contributed by atoms with van der Waals surface area (Å²) in [6.07, 6.45) is 3.12. The number of anilines is 2. The Balaban J connectivity index is 2.06. The van der Waals surface area contributed by atoms with Gasteiger partial charge in [-0.15, -0.1) is 0 Å². The van der Waals surface area contributed by atoms with E-state index in [9.17, 15) is 9.18 Å². The highest BCUT2D eigenvalue weighted by atomic mass is 19.1. The number of halogens is 1. The van der Waals surface area contributed by atoms with Crippen molar-refractivity contribution in [1.82, 2.24) is 4.57 Å². The van der Waals surface area contributed by atoms with Gasteiger partial charge in [-0.05, 0) is 36.8 Å². The van der Waals surface area contributed by atoms with Gasteiger partial charge >= 0.3 is 0 Å². The van der Waals surface area contributed by atoms with E-state index < -0.39 is 5.82 Å².